The molecule has 26 aromatic rings. The van der Waals surface area contributed by atoms with Crippen LogP contribution in [0.4, 0.5) is 0 Å². The van der Waals surface area contributed by atoms with Gasteiger partial charge in [0.25, 0.3) is 0 Å². The van der Waals surface area contributed by atoms with E-state index in [-0.39, 0.29) is 0 Å². The molecule has 0 saturated carbocycles. The fraction of sp³-hybridized carbons (Fsp3) is 0. The SMILES string of the molecule is c1ccc2c(c1)ccc1c2c2cscc2c2c1c1c3cscc3c3c4ccccc4ccc3c1c1c3cscc3c3c4ccccc4ccc3c21.c1ccc2cc3c(cc2c1)c1cscc1c1c3c2c3cscc3c3cc4ccccc4cc3c2c2c3cscc3c3cc4ccccc4cc3c12. The van der Waals surface area contributed by atoms with Crippen molar-refractivity contribution < 1.29 is 0 Å². The summed E-state index contributed by atoms with van der Waals surface area (Å²) in [6, 6.07) is 82.6. The summed E-state index contributed by atoms with van der Waals surface area (Å²) in [6.07, 6.45) is 0. The smallest absolute Gasteiger partial charge is 0.00152 e. The molecule has 0 aliphatic rings. The number of fused-ring (bicyclic) bond motifs is 51. The van der Waals surface area contributed by atoms with Crippen LogP contribution in [0.5, 0.6) is 0 Å². The van der Waals surface area contributed by atoms with E-state index in [2.05, 4.69) is 283 Å². The van der Waals surface area contributed by atoms with E-state index in [1.165, 1.54) is 259 Å². The molecule has 0 saturated heterocycles. The van der Waals surface area contributed by atoms with Gasteiger partial charge in [-0.3, -0.25) is 0 Å². The molecule has 468 valence electrons. The van der Waals surface area contributed by atoms with Gasteiger partial charge in [-0.2, -0.15) is 68.0 Å². The maximum Gasteiger partial charge on any atom is 0.00152 e. The van der Waals surface area contributed by atoms with Crippen molar-refractivity contribution in [3.8, 4) is 0 Å². The molecule has 0 bridgehead atoms. The van der Waals surface area contributed by atoms with E-state index in [0.29, 0.717) is 0 Å². The highest BCUT2D eigenvalue weighted by atomic mass is 32.1. The molecule has 0 N–H and O–H groups in total. The molecule has 0 fully saturated rings. The summed E-state index contributed by atoms with van der Waals surface area (Å²) in [7, 11) is 0. The van der Waals surface area contributed by atoms with Gasteiger partial charge in [0.05, 0.1) is 0 Å². The van der Waals surface area contributed by atoms with Crippen LogP contribution >= 0.6 is 68.0 Å². The molecule has 20 aromatic carbocycles. The fourth-order valence-corrected chi connectivity index (χ4v) is 24.2. The molecule has 6 heterocycles. The summed E-state index contributed by atoms with van der Waals surface area (Å²) in [5.41, 5.74) is 0. The molecule has 6 heteroatoms. The van der Waals surface area contributed by atoms with Crippen molar-refractivity contribution in [2.45, 2.75) is 0 Å². The Morgan fingerprint density at radius 2 is 0.284 bits per heavy atom. The van der Waals surface area contributed by atoms with Crippen molar-refractivity contribution in [1.82, 2.24) is 0 Å². The normalized spacial score (nSPS) is 12.7. The predicted octanol–water partition coefficient (Wildman–Crippen LogP) is 31.4. The van der Waals surface area contributed by atoms with Crippen LogP contribution in [-0.4, -0.2) is 0 Å². The Balaban J connectivity index is 0.000000120. The number of hydrogen-bond acceptors (Lipinski definition) is 6. The highest BCUT2D eigenvalue weighted by molar-refractivity contribution is 7.11. The quantitative estimate of drug-likeness (QED) is 0.105. The Kier molecular flexibility index (Phi) is 11.1. The van der Waals surface area contributed by atoms with Gasteiger partial charge in [-0.05, 0) is 263 Å². The average Bonchev–Trinajstić information content (AvgIpc) is 1.10. The van der Waals surface area contributed by atoms with E-state index in [4.69, 9.17) is 0 Å². The topological polar surface area (TPSA) is 0 Å². The standard InChI is InChI=1S/2C48H24S3/c1-4-10-28-16-34-31(13-25(28)7-1)37-19-49-22-40(37)46-43(34)47-41-23-50-20-38(41)33-15-27-9-3-6-12-30(27)18-36(33)45(47)48-42-24-51-21-39(42)32-14-26-8-2-5-11-29(26)17-35(32)44(46)48;1-4-10-28-25(7-1)13-16-31-40(28)34-19-49-22-37(34)46-43(31)47-38-23-50-20-35(38)42-30-12-6-3-9-27(30)15-18-33(42)45(47)48-39-24-51-21-36(39)41-29-11-5-2-8-26(29)14-17-32(41)44(46)48/h2*1-24H. The van der Waals surface area contributed by atoms with Gasteiger partial charge in [0, 0.05) is 97.0 Å². The van der Waals surface area contributed by atoms with E-state index < -0.39 is 0 Å². The Morgan fingerprint density at radius 3 is 0.539 bits per heavy atom. The fourth-order valence-electron chi connectivity index (χ4n) is 19.2. The lowest BCUT2D eigenvalue weighted by atomic mass is 9.81. The third-order valence-corrected chi connectivity index (χ3v) is 27.8. The lowest BCUT2D eigenvalue weighted by Crippen LogP contribution is -1.92. The van der Waals surface area contributed by atoms with Gasteiger partial charge in [0.1, 0.15) is 0 Å². The molecule has 0 amide bonds. The third-order valence-electron chi connectivity index (χ3n) is 23.3. The average molecular weight is 1390 g/mol. The van der Waals surface area contributed by atoms with Gasteiger partial charge < -0.3 is 0 Å². The van der Waals surface area contributed by atoms with E-state index in [1.807, 2.05) is 68.0 Å². The minimum atomic E-state index is 1.28. The van der Waals surface area contributed by atoms with E-state index >= 15 is 0 Å². The minimum absolute atomic E-state index is 1.28. The second-order valence-corrected chi connectivity index (χ2v) is 32.5. The summed E-state index contributed by atoms with van der Waals surface area (Å²) >= 11 is 11.0. The van der Waals surface area contributed by atoms with Gasteiger partial charge in [-0.1, -0.05) is 182 Å². The van der Waals surface area contributed by atoms with Crippen LogP contribution in [0.25, 0.3) is 259 Å². The summed E-state index contributed by atoms with van der Waals surface area (Å²) in [5, 5.41) is 93.5. The van der Waals surface area contributed by atoms with Crippen LogP contribution in [0.15, 0.2) is 283 Å². The first-order valence-electron chi connectivity index (χ1n) is 34.7. The van der Waals surface area contributed by atoms with Crippen LogP contribution in [0.1, 0.15) is 0 Å². The summed E-state index contributed by atoms with van der Waals surface area (Å²) in [6.45, 7) is 0. The number of thiophene rings is 6. The molecule has 6 aromatic heterocycles. The molecular weight excluding hydrogens is 1350 g/mol. The molecule has 0 aliphatic heterocycles. The first kappa shape index (κ1) is 55.6. The largest absolute Gasteiger partial charge is 0.151 e. The Morgan fingerprint density at radius 1 is 0.108 bits per heavy atom. The monoisotopic (exact) mass is 1390 g/mol. The molecule has 102 heavy (non-hydrogen) atoms. The molecule has 0 nitrogen and oxygen atoms in total. The zero-order valence-corrected chi connectivity index (χ0v) is 59.1. The van der Waals surface area contributed by atoms with Gasteiger partial charge >= 0.3 is 0 Å². The van der Waals surface area contributed by atoms with Crippen LogP contribution in [0.3, 0.4) is 0 Å². The lowest BCUT2D eigenvalue weighted by Gasteiger charge is -2.21. The van der Waals surface area contributed by atoms with Crippen LogP contribution < -0.4 is 0 Å². The van der Waals surface area contributed by atoms with Crippen LogP contribution in [0.2, 0.25) is 0 Å². The first-order chi connectivity index (χ1) is 50.6. The summed E-state index contributed by atoms with van der Waals surface area (Å²) < 4.78 is 0. The molecule has 26 rings (SSSR count). The molecule has 0 atom stereocenters. The zero-order valence-electron chi connectivity index (χ0n) is 54.2. The lowest BCUT2D eigenvalue weighted by molar-refractivity contribution is 1.81. The first-order valence-corrected chi connectivity index (χ1v) is 40.4. The second-order valence-electron chi connectivity index (χ2n) is 28.1. The third kappa shape index (κ3) is 7.14. The van der Waals surface area contributed by atoms with E-state index in [1.54, 1.807) is 0 Å². The molecule has 0 radical (unpaired) electrons. The van der Waals surface area contributed by atoms with E-state index in [0.717, 1.165) is 0 Å². The van der Waals surface area contributed by atoms with Crippen molar-refractivity contribution in [3.63, 3.8) is 0 Å². The van der Waals surface area contributed by atoms with Gasteiger partial charge in [-0.25, -0.2) is 0 Å². The molecule has 0 unspecified atom stereocenters. The van der Waals surface area contributed by atoms with Crippen molar-refractivity contribution in [3.05, 3.63) is 283 Å². The number of rotatable bonds is 0. The van der Waals surface area contributed by atoms with Crippen molar-refractivity contribution >= 4 is 327 Å². The molecular formula is C96H48S6. The van der Waals surface area contributed by atoms with E-state index in [9.17, 15) is 0 Å². The number of benzene rings is 20. The van der Waals surface area contributed by atoms with Gasteiger partial charge in [-0.15, -0.1) is 0 Å². The summed E-state index contributed by atoms with van der Waals surface area (Å²) in [4.78, 5) is 0. The van der Waals surface area contributed by atoms with Crippen LogP contribution in [-0.2, 0) is 0 Å². The highest BCUT2D eigenvalue weighted by Crippen LogP contribution is 2.58. The zero-order chi connectivity index (χ0) is 65.9. The second kappa shape index (κ2) is 20.3. The molecule has 0 aliphatic carbocycles. The van der Waals surface area contributed by atoms with Crippen LogP contribution in [0, 0.1) is 0 Å². The maximum atomic E-state index is 2.49. The number of hydrogen-bond donors (Lipinski definition) is 0. The van der Waals surface area contributed by atoms with Gasteiger partial charge in [0.15, 0.2) is 0 Å². The maximum absolute atomic E-state index is 2.49. The van der Waals surface area contributed by atoms with Crippen molar-refractivity contribution in [2.24, 2.45) is 0 Å². The van der Waals surface area contributed by atoms with Gasteiger partial charge in [0.2, 0.25) is 0 Å². The van der Waals surface area contributed by atoms with Crippen molar-refractivity contribution in [2.75, 3.05) is 0 Å². The Hall–Kier alpha value is -11.2. The Labute approximate surface area is 604 Å². The van der Waals surface area contributed by atoms with Crippen molar-refractivity contribution in [1.29, 1.82) is 0 Å². The molecule has 0 spiro atoms. The summed E-state index contributed by atoms with van der Waals surface area (Å²) in [5.74, 6) is 0. The predicted molar refractivity (Wildman–Crippen MR) is 460 cm³/mol. The Bertz CT molecular complexity index is 7480. The minimum Gasteiger partial charge on any atom is -0.151 e. The highest BCUT2D eigenvalue weighted by Gasteiger charge is 2.29.